The second-order valence-electron chi connectivity index (χ2n) is 4.57. The quantitative estimate of drug-likeness (QED) is 0.669. The largest absolute Gasteiger partial charge is 0.489 e. The predicted molar refractivity (Wildman–Crippen MR) is 76.5 cm³/mol. The topological polar surface area (TPSA) is 78.4 Å². The van der Waals surface area contributed by atoms with E-state index in [1.807, 2.05) is 31.2 Å². The summed E-state index contributed by atoms with van der Waals surface area (Å²) < 4.78 is 5.66. The lowest BCUT2D eigenvalue weighted by atomic mass is 10.1. The van der Waals surface area contributed by atoms with Crippen LogP contribution in [0, 0.1) is 10.1 Å². The van der Waals surface area contributed by atoms with Gasteiger partial charge in [0.05, 0.1) is 4.92 Å². The first kappa shape index (κ1) is 14.0. The Kier molecular flexibility index (Phi) is 4.32. The number of hydrogen-bond acceptors (Lipinski definition) is 4. The van der Waals surface area contributed by atoms with Gasteiger partial charge in [-0.3, -0.25) is 10.1 Å². The summed E-state index contributed by atoms with van der Waals surface area (Å²) in [5.74, 6) is 0.734. The molecule has 5 heteroatoms. The molecule has 0 saturated heterocycles. The molecule has 1 atom stereocenters. The molecular formula is C15H16N2O3. The van der Waals surface area contributed by atoms with Crippen LogP contribution in [0.3, 0.4) is 0 Å². The van der Waals surface area contributed by atoms with E-state index in [1.165, 1.54) is 12.1 Å². The van der Waals surface area contributed by atoms with Crippen molar-refractivity contribution in [1.29, 1.82) is 0 Å². The third-order valence-corrected chi connectivity index (χ3v) is 2.94. The lowest BCUT2D eigenvalue weighted by molar-refractivity contribution is -0.384. The summed E-state index contributed by atoms with van der Waals surface area (Å²) in [5, 5.41) is 10.6. The molecule has 0 bridgehead atoms. The van der Waals surface area contributed by atoms with Crippen molar-refractivity contribution in [3.63, 3.8) is 0 Å². The lowest BCUT2D eigenvalue weighted by Crippen LogP contribution is -2.05. The first-order valence-electron chi connectivity index (χ1n) is 6.28. The third kappa shape index (κ3) is 3.55. The maximum Gasteiger partial charge on any atom is 0.269 e. The van der Waals surface area contributed by atoms with Crippen LogP contribution in [0.2, 0.25) is 0 Å². The second kappa shape index (κ2) is 6.16. The van der Waals surface area contributed by atoms with Gasteiger partial charge in [-0.05, 0) is 42.3 Å². The van der Waals surface area contributed by atoms with Gasteiger partial charge >= 0.3 is 0 Å². The number of ether oxygens (including phenoxy) is 1. The van der Waals surface area contributed by atoms with Crippen LogP contribution in [-0.4, -0.2) is 4.92 Å². The number of benzene rings is 2. The highest BCUT2D eigenvalue weighted by Gasteiger charge is 2.05. The zero-order valence-electron chi connectivity index (χ0n) is 11.2. The minimum Gasteiger partial charge on any atom is -0.489 e. The van der Waals surface area contributed by atoms with Crippen molar-refractivity contribution in [2.24, 2.45) is 5.73 Å². The van der Waals surface area contributed by atoms with Crippen molar-refractivity contribution in [1.82, 2.24) is 0 Å². The van der Waals surface area contributed by atoms with Gasteiger partial charge in [-0.2, -0.15) is 0 Å². The van der Waals surface area contributed by atoms with Gasteiger partial charge in [0.1, 0.15) is 12.4 Å². The summed E-state index contributed by atoms with van der Waals surface area (Å²) in [6.07, 6.45) is 0. The normalized spacial score (nSPS) is 11.9. The van der Waals surface area contributed by atoms with E-state index in [1.54, 1.807) is 12.1 Å². The Morgan fingerprint density at radius 3 is 2.55 bits per heavy atom. The number of nitrogens with zero attached hydrogens (tertiary/aromatic N) is 1. The van der Waals surface area contributed by atoms with E-state index in [4.69, 9.17) is 10.5 Å². The van der Waals surface area contributed by atoms with Crippen LogP contribution in [0.25, 0.3) is 0 Å². The predicted octanol–water partition coefficient (Wildman–Crippen LogP) is 3.19. The summed E-state index contributed by atoms with van der Waals surface area (Å²) in [6, 6.07) is 13.9. The summed E-state index contributed by atoms with van der Waals surface area (Å²) in [6.45, 7) is 2.27. The molecule has 0 aliphatic carbocycles. The molecule has 5 nitrogen and oxygen atoms in total. The molecule has 0 heterocycles. The maximum atomic E-state index is 10.6. The SMILES string of the molecule is C[C@H](N)c1cccc(OCc2ccc([N+](=O)[O-])cc2)c1. The van der Waals surface area contributed by atoms with Crippen LogP contribution in [0.15, 0.2) is 48.5 Å². The molecule has 0 fully saturated rings. The molecule has 0 aliphatic rings. The molecule has 0 spiro atoms. The van der Waals surface area contributed by atoms with Gasteiger partial charge < -0.3 is 10.5 Å². The Hall–Kier alpha value is -2.40. The minimum absolute atomic E-state index is 0.0436. The highest BCUT2D eigenvalue weighted by molar-refractivity contribution is 5.33. The Morgan fingerprint density at radius 2 is 1.95 bits per heavy atom. The van der Waals surface area contributed by atoms with Crippen molar-refractivity contribution in [3.8, 4) is 5.75 Å². The fourth-order valence-electron chi connectivity index (χ4n) is 1.77. The standard InChI is InChI=1S/C15H16N2O3/c1-11(16)13-3-2-4-15(9-13)20-10-12-5-7-14(8-6-12)17(18)19/h2-9,11H,10,16H2,1H3/t11-/m0/s1. The van der Waals surface area contributed by atoms with E-state index >= 15 is 0 Å². The van der Waals surface area contributed by atoms with Crippen LogP contribution in [0.5, 0.6) is 5.75 Å². The first-order chi connectivity index (χ1) is 9.56. The molecule has 20 heavy (non-hydrogen) atoms. The van der Waals surface area contributed by atoms with Gasteiger partial charge in [-0.1, -0.05) is 12.1 Å². The summed E-state index contributed by atoms with van der Waals surface area (Å²) >= 11 is 0. The van der Waals surface area contributed by atoms with Crippen LogP contribution in [-0.2, 0) is 6.61 Å². The van der Waals surface area contributed by atoms with E-state index in [-0.39, 0.29) is 11.7 Å². The molecule has 0 unspecified atom stereocenters. The van der Waals surface area contributed by atoms with E-state index in [0.29, 0.717) is 6.61 Å². The van der Waals surface area contributed by atoms with Gasteiger partial charge in [0, 0.05) is 18.2 Å². The number of nitrogens with two attached hydrogens (primary N) is 1. The van der Waals surface area contributed by atoms with Crippen molar-refractivity contribution in [2.75, 3.05) is 0 Å². The number of nitro groups is 1. The van der Waals surface area contributed by atoms with Crippen LogP contribution in [0.4, 0.5) is 5.69 Å². The molecule has 2 aromatic carbocycles. The molecule has 2 aromatic rings. The summed E-state index contributed by atoms with van der Waals surface area (Å²) in [5.41, 5.74) is 7.77. The Labute approximate surface area is 117 Å². The van der Waals surface area contributed by atoms with Gasteiger partial charge in [0.25, 0.3) is 5.69 Å². The zero-order valence-corrected chi connectivity index (χ0v) is 11.2. The average molecular weight is 272 g/mol. The van der Waals surface area contributed by atoms with E-state index in [2.05, 4.69) is 0 Å². The number of rotatable bonds is 5. The van der Waals surface area contributed by atoms with Gasteiger partial charge in [0.15, 0.2) is 0 Å². The maximum absolute atomic E-state index is 10.6. The molecule has 2 N–H and O–H groups in total. The minimum atomic E-state index is -0.420. The van der Waals surface area contributed by atoms with E-state index in [9.17, 15) is 10.1 Å². The molecule has 104 valence electrons. The zero-order chi connectivity index (χ0) is 14.5. The molecule has 2 rings (SSSR count). The Balaban J connectivity index is 2.01. The molecule has 0 aliphatic heterocycles. The average Bonchev–Trinajstić information content (AvgIpc) is 2.46. The second-order valence-corrected chi connectivity index (χ2v) is 4.57. The van der Waals surface area contributed by atoms with Gasteiger partial charge in [-0.25, -0.2) is 0 Å². The summed E-state index contributed by atoms with van der Waals surface area (Å²) in [7, 11) is 0. The van der Waals surface area contributed by atoms with Crippen molar-refractivity contribution in [2.45, 2.75) is 19.6 Å². The van der Waals surface area contributed by atoms with Crippen LogP contribution < -0.4 is 10.5 Å². The fraction of sp³-hybridized carbons (Fsp3) is 0.200. The van der Waals surface area contributed by atoms with Gasteiger partial charge in [-0.15, -0.1) is 0 Å². The first-order valence-corrected chi connectivity index (χ1v) is 6.28. The van der Waals surface area contributed by atoms with E-state index in [0.717, 1.165) is 16.9 Å². The third-order valence-electron chi connectivity index (χ3n) is 2.94. The van der Waals surface area contributed by atoms with Crippen LogP contribution >= 0.6 is 0 Å². The molecule has 0 aromatic heterocycles. The lowest BCUT2D eigenvalue weighted by Gasteiger charge is -2.10. The highest BCUT2D eigenvalue weighted by atomic mass is 16.6. The summed E-state index contributed by atoms with van der Waals surface area (Å²) in [4.78, 5) is 10.1. The monoisotopic (exact) mass is 272 g/mol. The molecular weight excluding hydrogens is 256 g/mol. The van der Waals surface area contributed by atoms with Crippen molar-refractivity contribution < 1.29 is 9.66 Å². The molecule has 0 amide bonds. The number of non-ortho nitro benzene ring substituents is 1. The molecule has 0 saturated carbocycles. The fourth-order valence-corrected chi connectivity index (χ4v) is 1.77. The van der Waals surface area contributed by atoms with Gasteiger partial charge in [0.2, 0.25) is 0 Å². The Bertz CT molecular complexity index is 594. The smallest absolute Gasteiger partial charge is 0.269 e. The van der Waals surface area contributed by atoms with Crippen molar-refractivity contribution in [3.05, 3.63) is 69.8 Å². The van der Waals surface area contributed by atoms with E-state index < -0.39 is 4.92 Å². The Morgan fingerprint density at radius 1 is 1.25 bits per heavy atom. The number of nitro benzene ring substituents is 1. The van der Waals surface area contributed by atoms with Crippen molar-refractivity contribution >= 4 is 5.69 Å². The van der Waals surface area contributed by atoms with Crippen LogP contribution in [0.1, 0.15) is 24.1 Å². The molecule has 0 radical (unpaired) electrons. The highest BCUT2D eigenvalue weighted by Crippen LogP contribution is 2.19. The number of hydrogen-bond donors (Lipinski definition) is 1.